The zero-order valence-corrected chi connectivity index (χ0v) is 17.1. The molecular weight excluding hydrogens is 466 g/mol. The van der Waals surface area contributed by atoms with Crippen LogP contribution in [0, 0.1) is 0 Å². The van der Waals surface area contributed by atoms with Crippen molar-refractivity contribution in [3.63, 3.8) is 0 Å². The van der Waals surface area contributed by atoms with E-state index in [-0.39, 0.29) is 0 Å². The van der Waals surface area contributed by atoms with Crippen molar-refractivity contribution in [3.05, 3.63) is 53.6 Å². The van der Waals surface area contributed by atoms with Crippen LogP contribution in [0.1, 0.15) is 22.8 Å². The molecule has 1 atom stereocenters. The number of nitrogens with zero attached hydrogens (tertiary/aromatic N) is 1. The van der Waals surface area contributed by atoms with Crippen LogP contribution in [0.5, 0.6) is 11.5 Å². The number of para-hydroxylation sites is 1. The number of amides is 2. The number of halogens is 2. The molecule has 0 saturated heterocycles. The monoisotopic (exact) mass is 481 g/mol. The van der Waals surface area contributed by atoms with Crippen molar-refractivity contribution < 1.29 is 32.6 Å². The third kappa shape index (κ3) is 3.68. The van der Waals surface area contributed by atoms with E-state index in [0.717, 1.165) is 4.90 Å². The van der Waals surface area contributed by atoms with Crippen molar-refractivity contribution in [1.82, 2.24) is 0 Å². The Bertz CT molecular complexity index is 895. The molecule has 0 radical (unpaired) electrons. The Hall–Kier alpha value is -1.75. The third-order valence-corrected chi connectivity index (χ3v) is 5.69. The van der Waals surface area contributed by atoms with Crippen LogP contribution in [0.4, 0.5) is 5.69 Å². The van der Waals surface area contributed by atoms with Gasteiger partial charge in [0.15, 0.2) is 0 Å². The molecule has 5 nitrogen and oxygen atoms in total. The first kappa shape index (κ1) is 19.0. The maximum absolute atomic E-state index is 13.0. The summed E-state index contributed by atoms with van der Waals surface area (Å²) in [5, 5.41) is 0. The number of benzene rings is 2. The predicted molar refractivity (Wildman–Crippen MR) is 98.2 cm³/mol. The molecule has 0 saturated carbocycles. The van der Waals surface area contributed by atoms with Crippen LogP contribution in [-0.2, 0) is 18.3 Å². The molecule has 0 spiro atoms. The molecular formula is C18H15Cl2NO4Ru. The van der Waals surface area contributed by atoms with E-state index in [9.17, 15) is 9.59 Å². The summed E-state index contributed by atoms with van der Waals surface area (Å²) in [6, 6.07) is 11.8. The number of rotatable bonds is 3. The van der Waals surface area contributed by atoms with Crippen LogP contribution >= 0.6 is 19.4 Å². The molecule has 1 aliphatic heterocycles. The molecule has 1 aliphatic rings. The van der Waals surface area contributed by atoms with Crippen molar-refractivity contribution in [2.45, 2.75) is 13.0 Å². The van der Waals surface area contributed by atoms with Gasteiger partial charge in [0.1, 0.15) is 0 Å². The Morgan fingerprint density at radius 2 is 1.92 bits per heavy atom. The summed E-state index contributed by atoms with van der Waals surface area (Å²) in [6.07, 6.45) is -0.800. The molecule has 0 fully saturated rings. The van der Waals surface area contributed by atoms with E-state index < -0.39 is 31.4 Å². The number of methoxy groups -OCH3 is 1. The summed E-state index contributed by atoms with van der Waals surface area (Å²) >= 11 is -2.10. The van der Waals surface area contributed by atoms with Gasteiger partial charge in [-0.1, -0.05) is 0 Å². The van der Waals surface area contributed by atoms with Crippen LogP contribution in [0.2, 0.25) is 0 Å². The fraction of sp³-hybridized carbons (Fsp3) is 0.167. The van der Waals surface area contributed by atoms with Gasteiger partial charge in [-0.3, -0.25) is 0 Å². The molecule has 138 valence electrons. The van der Waals surface area contributed by atoms with Crippen LogP contribution in [0.25, 0.3) is 0 Å². The van der Waals surface area contributed by atoms with Crippen molar-refractivity contribution in [2.24, 2.45) is 0 Å². The van der Waals surface area contributed by atoms with E-state index in [1.807, 2.05) is 0 Å². The van der Waals surface area contributed by atoms with Gasteiger partial charge in [0.2, 0.25) is 0 Å². The number of hydrogen-bond donors (Lipinski definition) is 0. The molecule has 8 heteroatoms. The number of imide groups is 1. The van der Waals surface area contributed by atoms with E-state index in [2.05, 4.69) is 0 Å². The summed E-state index contributed by atoms with van der Waals surface area (Å²) in [4.78, 5) is 26.8. The quantitative estimate of drug-likeness (QED) is 0.496. The second kappa shape index (κ2) is 7.87. The maximum atomic E-state index is 13.0. The molecule has 0 aliphatic carbocycles. The zero-order valence-electron chi connectivity index (χ0n) is 13.9. The molecule has 0 bridgehead atoms. The molecule has 0 N–H and O–H groups in total. The molecule has 2 aromatic rings. The van der Waals surface area contributed by atoms with Gasteiger partial charge >= 0.3 is 164 Å². The average molecular weight is 481 g/mol. The number of ether oxygens (including phenoxy) is 2. The Morgan fingerprint density at radius 3 is 2.54 bits per heavy atom. The minimum atomic E-state index is -2.10. The van der Waals surface area contributed by atoms with Crippen molar-refractivity contribution in [3.8, 4) is 11.5 Å². The summed E-state index contributed by atoms with van der Waals surface area (Å²) in [7, 11) is 13.5. The molecule has 0 aromatic heterocycles. The molecule has 26 heavy (non-hydrogen) atoms. The van der Waals surface area contributed by atoms with Crippen molar-refractivity contribution in [2.75, 3.05) is 12.0 Å². The number of anilines is 1. The first-order valence-electron chi connectivity index (χ1n) is 7.57. The standard InChI is InChI=1S/C18H15NO4.2ClH.Ru/c1-11-5-4-6-15-16(11)23-12(2)17(20)19(15)18(21)13-7-9-14(22-3)10-8-13;;;/h1,4-10,12H,2-3H3;2*1H;/q;;;+2/p-2. The summed E-state index contributed by atoms with van der Waals surface area (Å²) in [5.74, 6) is 0.195. The molecule has 1 unspecified atom stereocenters. The normalized spacial score (nSPS) is 16.5. The molecule has 2 amide bonds. The minimum absolute atomic E-state index is 0.371. The Labute approximate surface area is 163 Å². The molecule has 2 aromatic carbocycles. The number of fused-ring (bicyclic) bond motifs is 1. The SMILES string of the molecule is COc1ccc(C(=O)N2C(=O)C(C)Oc3c([CH]=[Ru]([Cl])[Cl])cccc32)cc1. The van der Waals surface area contributed by atoms with Gasteiger partial charge in [0.05, 0.1) is 0 Å². The van der Waals surface area contributed by atoms with Gasteiger partial charge in [-0.05, 0) is 0 Å². The van der Waals surface area contributed by atoms with E-state index in [4.69, 9.17) is 28.9 Å². The number of carbonyl (C=O) groups excluding carboxylic acids is 2. The Morgan fingerprint density at radius 1 is 1.23 bits per heavy atom. The number of carbonyl (C=O) groups is 2. The predicted octanol–water partition coefficient (Wildman–Crippen LogP) is 3.73. The zero-order chi connectivity index (χ0) is 18.8. The second-order valence-electron chi connectivity index (χ2n) is 5.47. The van der Waals surface area contributed by atoms with E-state index in [0.29, 0.717) is 28.3 Å². The first-order valence-corrected chi connectivity index (χ1v) is 13.1. The van der Waals surface area contributed by atoms with E-state index in [1.165, 1.54) is 0 Å². The van der Waals surface area contributed by atoms with Crippen LogP contribution in [0.15, 0.2) is 42.5 Å². The van der Waals surface area contributed by atoms with Gasteiger partial charge in [-0.25, -0.2) is 0 Å². The Kier molecular flexibility index (Phi) is 5.76. The molecule has 1 heterocycles. The van der Waals surface area contributed by atoms with E-state index in [1.54, 1.807) is 61.1 Å². The fourth-order valence-corrected chi connectivity index (χ4v) is 4.40. The fourth-order valence-electron chi connectivity index (χ4n) is 2.61. The van der Waals surface area contributed by atoms with E-state index >= 15 is 0 Å². The number of hydrogen-bond acceptors (Lipinski definition) is 4. The third-order valence-electron chi connectivity index (χ3n) is 3.86. The van der Waals surface area contributed by atoms with Gasteiger partial charge in [0, 0.05) is 0 Å². The Balaban J connectivity index is 2.08. The van der Waals surface area contributed by atoms with Crippen molar-refractivity contribution >= 4 is 41.5 Å². The van der Waals surface area contributed by atoms with Crippen LogP contribution in [-0.4, -0.2) is 29.6 Å². The van der Waals surface area contributed by atoms with Gasteiger partial charge in [-0.2, -0.15) is 0 Å². The van der Waals surface area contributed by atoms with Gasteiger partial charge < -0.3 is 0 Å². The second-order valence-corrected chi connectivity index (χ2v) is 11.2. The van der Waals surface area contributed by atoms with Crippen LogP contribution in [0.3, 0.4) is 0 Å². The summed E-state index contributed by atoms with van der Waals surface area (Å²) in [6.45, 7) is 1.60. The molecule has 3 rings (SSSR count). The summed E-state index contributed by atoms with van der Waals surface area (Å²) < 4.78 is 12.6. The summed E-state index contributed by atoms with van der Waals surface area (Å²) in [5.41, 5.74) is 1.43. The van der Waals surface area contributed by atoms with Crippen LogP contribution < -0.4 is 14.4 Å². The first-order chi connectivity index (χ1) is 12.4. The van der Waals surface area contributed by atoms with Gasteiger partial charge in [0.25, 0.3) is 0 Å². The topological polar surface area (TPSA) is 55.8 Å². The van der Waals surface area contributed by atoms with Crippen molar-refractivity contribution in [1.29, 1.82) is 0 Å². The average Bonchev–Trinajstić information content (AvgIpc) is 2.63. The van der Waals surface area contributed by atoms with Gasteiger partial charge in [-0.15, -0.1) is 0 Å².